The highest BCUT2D eigenvalue weighted by atomic mass is 35.5. The Morgan fingerprint density at radius 2 is 1.97 bits per heavy atom. The molecule has 1 amide bonds. The second-order valence-electron chi connectivity index (χ2n) is 7.13. The molecule has 1 aromatic heterocycles. The largest absolute Gasteiger partial charge is 0.507 e. The van der Waals surface area contributed by atoms with Gasteiger partial charge < -0.3 is 9.84 Å². The maximum atomic E-state index is 14.7. The Balaban J connectivity index is 1.98. The van der Waals surface area contributed by atoms with E-state index in [0.717, 1.165) is 23.1 Å². The number of anilines is 1. The molecule has 1 atom stereocenters. The maximum absolute atomic E-state index is 14.7. The minimum absolute atomic E-state index is 0.0502. The van der Waals surface area contributed by atoms with Gasteiger partial charge in [-0.2, -0.15) is 0 Å². The molecule has 1 aliphatic rings. The van der Waals surface area contributed by atoms with Gasteiger partial charge in [0, 0.05) is 24.0 Å². The van der Waals surface area contributed by atoms with Gasteiger partial charge >= 0.3 is 0 Å². The van der Waals surface area contributed by atoms with Crippen LogP contribution in [0.3, 0.4) is 0 Å². The zero-order valence-electron chi connectivity index (χ0n) is 17.3. The van der Waals surface area contributed by atoms with Crippen LogP contribution in [-0.4, -0.2) is 28.4 Å². The van der Waals surface area contributed by atoms with Gasteiger partial charge in [0.2, 0.25) is 0 Å². The number of hydrogen-bond donors (Lipinski definition) is 1. The molecular formula is C24H17ClF2N2O4. The zero-order valence-corrected chi connectivity index (χ0v) is 18.0. The van der Waals surface area contributed by atoms with Gasteiger partial charge in [-0.15, -0.1) is 0 Å². The summed E-state index contributed by atoms with van der Waals surface area (Å²) in [6.07, 6.45) is 2.84. The van der Waals surface area contributed by atoms with E-state index < -0.39 is 40.8 Å². The number of benzene rings is 2. The fourth-order valence-electron chi connectivity index (χ4n) is 3.69. The number of pyridine rings is 1. The molecule has 0 radical (unpaired) electrons. The second kappa shape index (κ2) is 8.99. The highest BCUT2D eigenvalue weighted by molar-refractivity contribution is 6.52. The minimum Gasteiger partial charge on any atom is -0.507 e. The lowest BCUT2D eigenvalue weighted by molar-refractivity contribution is -0.132. The van der Waals surface area contributed by atoms with Crippen LogP contribution >= 0.6 is 11.6 Å². The van der Waals surface area contributed by atoms with Crippen molar-refractivity contribution < 1.29 is 28.2 Å². The van der Waals surface area contributed by atoms with Crippen LogP contribution in [0, 0.1) is 11.6 Å². The van der Waals surface area contributed by atoms with Gasteiger partial charge in [0.1, 0.15) is 23.1 Å². The molecule has 6 nitrogen and oxygen atoms in total. The van der Waals surface area contributed by atoms with Crippen molar-refractivity contribution in [3.8, 4) is 5.75 Å². The number of carbonyl (C=O) groups excluding carboxylic acids is 2. The molecule has 4 rings (SSSR count). The monoisotopic (exact) mass is 470 g/mol. The predicted octanol–water partition coefficient (Wildman–Crippen LogP) is 5.04. The van der Waals surface area contributed by atoms with Crippen LogP contribution in [0.1, 0.15) is 24.1 Å². The van der Waals surface area contributed by atoms with E-state index in [-0.39, 0.29) is 16.2 Å². The molecule has 0 aliphatic carbocycles. The molecule has 168 valence electrons. The normalized spacial score (nSPS) is 17.5. The molecule has 2 heterocycles. The Kier molecular flexibility index (Phi) is 6.11. The van der Waals surface area contributed by atoms with E-state index in [0.29, 0.717) is 17.9 Å². The summed E-state index contributed by atoms with van der Waals surface area (Å²) in [5.41, 5.74) is -0.431. The summed E-state index contributed by atoms with van der Waals surface area (Å²) in [7, 11) is 0. The van der Waals surface area contributed by atoms with Gasteiger partial charge in [-0.3, -0.25) is 19.5 Å². The third kappa shape index (κ3) is 4.05. The Labute approximate surface area is 192 Å². The van der Waals surface area contributed by atoms with Gasteiger partial charge in [0.25, 0.3) is 11.7 Å². The number of hydrogen-bond acceptors (Lipinski definition) is 5. The topological polar surface area (TPSA) is 79.7 Å². The SMILES string of the molecule is CCOc1ccc(Cl)c(/C(O)=C2\C(=O)C(=O)N(c3cc(F)ccc3F)C2c2cccnc2)c1. The average molecular weight is 471 g/mol. The summed E-state index contributed by atoms with van der Waals surface area (Å²) >= 11 is 6.27. The lowest BCUT2D eigenvalue weighted by Gasteiger charge is -2.25. The first-order valence-electron chi connectivity index (χ1n) is 9.92. The van der Waals surface area contributed by atoms with E-state index in [2.05, 4.69) is 4.98 Å². The minimum atomic E-state index is -1.28. The highest BCUT2D eigenvalue weighted by Crippen LogP contribution is 2.43. The lowest BCUT2D eigenvalue weighted by Crippen LogP contribution is -2.30. The molecule has 1 unspecified atom stereocenters. The number of nitrogens with zero attached hydrogens (tertiary/aromatic N) is 2. The third-order valence-electron chi connectivity index (χ3n) is 5.12. The molecule has 0 bridgehead atoms. The zero-order chi connectivity index (χ0) is 23.7. The van der Waals surface area contributed by atoms with Crippen LogP contribution < -0.4 is 9.64 Å². The van der Waals surface area contributed by atoms with Crippen molar-refractivity contribution in [3.05, 3.63) is 94.3 Å². The average Bonchev–Trinajstić information content (AvgIpc) is 3.07. The smallest absolute Gasteiger partial charge is 0.300 e. The van der Waals surface area contributed by atoms with Crippen molar-refractivity contribution in [1.82, 2.24) is 4.98 Å². The van der Waals surface area contributed by atoms with Crippen LogP contribution in [0.25, 0.3) is 5.76 Å². The summed E-state index contributed by atoms with van der Waals surface area (Å²) in [5, 5.41) is 11.3. The van der Waals surface area contributed by atoms with Crippen LogP contribution in [0.15, 0.2) is 66.5 Å². The van der Waals surface area contributed by atoms with Crippen LogP contribution in [0.5, 0.6) is 5.75 Å². The molecule has 0 saturated carbocycles. The second-order valence-corrected chi connectivity index (χ2v) is 7.53. The van der Waals surface area contributed by atoms with Crippen molar-refractivity contribution in [3.63, 3.8) is 0 Å². The predicted molar refractivity (Wildman–Crippen MR) is 118 cm³/mol. The molecule has 3 aromatic rings. The number of ether oxygens (including phenoxy) is 1. The fourth-order valence-corrected chi connectivity index (χ4v) is 3.90. The fraction of sp³-hybridized carbons (Fsp3) is 0.125. The first kappa shape index (κ1) is 22.4. The Morgan fingerprint density at radius 3 is 2.67 bits per heavy atom. The number of Topliss-reactive ketones (excluding diaryl/α,β-unsaturated/α-hetero) is 1. The number of ketones is 1. The van der Waals surface area contributed by atoms with Crippen molar-refractivity contribution >= 4 is 34.7 Å². The number of carbonyl (C=O) groups is 2. The van der Waals surface area contributed by atoms with Crippen molar-refractivity contribution in [1.29, 1.82) is 0 Å². The molecule has 1 fully saturated rings. The highest BCUT2D eigenvalue weighted by Gasteiger charge is 2.48. The summed E-state index contributed by atoms with van der Waals surface area (Å²) in [6.45, 7) is 2.12. The summed E-state index contributed by atoms with van der Waals surface area (Å²) in [6, 6.07) is 8.89. The molecule has 2 aromatic carbocycles. The van der Waals surface area contributed by atoms with Crippen molar-refractivity contribution in [2.45, 2.75) is 13.0 Å². The molecule has 1 N–H and O–H groups in total. The van der Waals surface area contributed by atoms with E-state index in [1.54, 1.807) is 25.1 Å². The summed E-state index contributed by atoms with van der Waals surface area (Å²) in [5.74, 6) is -4.12. The number of aromatic nitrogens is 1. The van der Waals surface area contributed by atoms with E-state index in [1.165, 1.54) is 24.5 Å². The standard InChI is InChI=1S/C24H17ClF2N2O4/c1-2-33-15-6-7-17(25)16(11-15)22(30)20-21(13-4-3-9-28-12-13)29(24(32)23(20)31)19-10-14(26)5-8-18(19)27/h3-12,21,30H,2H2,1H3/b22-20+. The molecule has 9 heteroatoms. The summed E-state index contributed by atoms with van der Waals surface area (Å²) in [4.78, 5) is 30.9. The molecule has 1 saturated heterocycles. The summed E-state index contributed by atoms with van der Waals surface area (Å²) < 4.78 is 34.0. The third-order valence-corrected chi connectivity index (χ3v) is 5.45. The quantitative estimate of drug-likeness (QED) is 0.321. The number of aliphatic hydroxyl groups is 1. The van der Waals surface area contributed by atoms with E-state index >= 15 is 0 Å². The van der Waals surface area contributed by atoms with Gasteiger partial charge in [0.05, 0.1) is 28.9 Å². The molecular weight excluding hydrogens is 454 g/mol. The first-order chi connectivity index (χ1) is 15.8. The van der Waals surface area contributed by atoms with Crippen LogP contribution in [-0.2, 0) is 9.59 Å². The van der Waals surface area contributed by atoms with Crippen molar-refractivity contribution in [2.24, 2.45) is 0 Å². The number of halogens is 3. The number of rotatable bonds is 5. The van der Waals surface area contributed by atoms with E-state index in [1.807, 2.05) is 0 Å². The van der Waals surface area contributed by atoms with Gasteiger partial charge in [0.15, 0.2) is 0 Å². The van der Waals surface area contributed by atoms with Gasteiger partial charge in [-0.05, 0) is 48.9 Å². The maximum Gasteiger partial charge on any atom is 0.300 e. The molecule has 0 spiro atoms. The molecule has 33 heavy (non-hydrogen) atoms. The molecule has 1 aliphatic heterocycles. The Bertz CT molecular complexity index is 1280. The van der Waals surface area contributed by atoms with Crippen LogP contribution in [0.2, 0.25) is 5.02 Å². The van der Waals surface area contributed by atoms with Gasteiger partial charge in [-0.25, -0.2) is 8.78 Å². The van der Waals surface area contributed by atoms with Crippen molar-refractivity contribution in [2.75, 3.05) is 11.5 Å². The Hall–Kier alpha value is -3.78. The lowest BCUT2D eigenvalue weighted by atomic mass is 9.96. The van der Waals surface area contributed by atoms with Gasteiger partial charge in [-0.1, -0.05) is 17.7 Å². The van der Waals surface area contributed by atoms with E-state index in [9.17, 15) is 23.5 Å². The number of amides is 1. The van der Waals surface area contributed by atoms with Crippen LogP contribution in [0.4, 0.5) is 14.5 Å². The number of aliphatic hydroxyl groups excluding tert-OH is 1. The van der Waals surface area contributed by atoms with E-state index in [4.69, 9.17) is 16.3 Å². The Morgan fingerprint density at radius 1 is 1.18 bits per heavy atom. The first-order valence-corrected chi connectivity index (χ1v) is 10.3.